The third-order valence-electron chi connectivity index (χ3n) is 3.29. The van der Waals surface area contributed by atoms with Crippen LogP contribution in [-0.4, -0.2) is 6.61 Å². The second-order valence-electron chi connectivity index (χ2n) is 5.03. The van der Waals surface area contributed by atoms with Crippen LogP contribution in [0.25, 0.3) is 0 Å². The number of nitrogens with two attached hydrogens (primary N) is 1. The van der Waals surface area contributed by atoms with Crippen molar-refractivity contribution in [3.05, 3.63) is 27.7 Å². The van der Waals surface area contributed by atoms with Crippen LogP contribution in [0.3, 0.4) is 0 Å². The summed E-state index contributed by atoms with van der Waals surface area (Å²) in [5, 5.41) is 0. The highest BCUT2D eigenvalue weighted by molar-refractivity contribution is 9.10. The van der Waals surface area contributed by atoms with Crippen molar-refractivity contribution < 1.29 is 4.74 Å². The van der Waals surface area contributed by atoms with Gasteiger partial charge in [-0.15, -0.1) is 0 Å². The van der Waals surface area contributed by atoms with Gasteiger partial charge in [0, 0.05) is 11.0 Å². The van der Waals surface area contributed by atoms with Gasteiger partial charge in [-0.2, -0.15) is 0 Å². The molecule has 1 aromatic carbocycles. The third kappa shape index (κ3) is 5.96. The third-order valence-corrected chi connectivity index (χ3v) is 4.42. The van der Waals surface area contributed by atoms with Crippen molar-refractivity contribution in [3.8, 4) is 5.75 Å². The van der Waals surface area contributed by atoms with Crippen LogP contribution in [0, 0.1) is 6.92 Å². The molecule has 0 aromatic heterocycles. The van der Waals surface area contributed by atoms with E-state index >= 15 is 0 Å². The fraction of sp³-hybridized carbons (Fsp3) is 0.625. The second kappa shape index (κ2) is 9.38. The van der Waals surface area contributed by atoms with E-state index in [9.17, 15) is 0 Å². The molecule has 108 valence electrons. The molecule has 0 aliphatic heterocycles. The van der Waals surface area contributed by atoms with Gasteiger partial charge in [0.2, 0.25) is 0 Å². The van der Waals surface area contributed by atoms with Gasteiger partial charge in [0.1, 0.15) is 5.75 Å². The molecular weight excluding hydrogens is 302 g/mol. The number of hydrogen-bond donors (Lipinski definition) is 1. The first-order chi connectivity index (χ1) is 9.19. The van der Waals surface area contributed by atoms with E-state index in [1.54, 1.807) is 0 Å². The Morgan fingerprint density at radius 1 is 1.11 bits per heavy atom. The molecule has 3 heteroatoms. The molecule has 0 aliphatic rings. The number of benzene rings is 1. The van der Waals surface area contributed by atoms with Crippen molar-refractivity contribution in [2.75, 3.05) is 6.61 Å². The number of ether oxygens (including phenoxy) is 1. The molecule has 0 fully saturated rings. The zero-order valence-corrected chi connectivity index (χ0v) is 13.8. The molecule has 19 heavy (non-hydrogen) atoms. The number of aryl methyl sites for hydroxylation is 1. The number of hydrogen-bond acceptors (Lipinski definition) is 2. The van der Waals surface area contributed by atoms with E-state index < -0.39 is 0 Å². The lowest BCUT2D eigenvalue weighted by Crippen LogP contribution is -2.02. The van der Waals surface area contributed by atoms with Gasteiger partial charge in [-0.1, -0.05) is 55.0 Å². The molecule has 0 bridgehead atoms. The summed E-state index contributed by atoms with van der Waals surface area (Å²) in [5.41, 5.74) is 8.02. The smallest absolute Gasteiger partial charge is 0.119 e. The topological polar surface area (TPSA) is 35.2 Å². The van der Waals surface area contributed by atoms with Crippen LogP contribution in [0.2, 0.25) is 0 Å². The molecule has 2 nitrogen and oxygen atoms in total. The first kappa shape index (κ1) is 16.5. The predicted octanol–water partition coefficient (Wildman–Crippen LogP) is 4.96. The molecule has 0 atom stereocenters. The Morgan fingerprint density at radius 2 is 1.79 bits per heavy atom. The van der Waals surface area contributed by atoms with E-state index in [4.69, 9.17) is 10.5 Å². The summed E-state index contributed by atoms with van der Waals surface area (Å²) >= 11 is 3.56. The van der Waals surface area contributed by atoms with Gasteiger partial charge < -0.3 is 10.5 Å². The largest absolute Gasteiger partial charge is 0.494 e. The van der Waals surface area contributed by atoms with Gasteiger partial charge in [0.05, 0.1) is 6.61 Å². The fourth-order valence-electron chi connectivity index (χ4n) is 2.11. The van der Waals surface area contributed by atoms with Crippen LogP contribution in [0.1, 0.15) is 56.6 Å². The fourth-order valence-corrected chi connectivity index (χ4v) is 2.50. The Labute approximate surface area is 125 Å². The zero-order chi connectivity index (χ0) is 14.1. The molecule has 0 saturated carbocycles. The summed E-state index contributed by atoms with van der Waals surface area (Å²) in [7, 11) is 0. The highest BCUT2D eigenvalue weighted by Gasteiger charge is 2.05. The van der Waals surface area contributed by atoms with Crippen molar-refractivity contribution in [3.63, 3.8) is 0 Å². The standard InChI is InChI=1S/C16H26BrNO/c1-3-4-5-6-7-8-9-19-15-10-13(2)16(17)14(11-15)12-18/h10-11H,3-9,12,18H2,1-2H3. The molecule has 0 aliphatic carbocycles. The molecule has 2 N–H and O–H groups in total. The van der Waals surface area contributed by atoms with Gasteiger partial charge in [-0.3, -0.25) is 0 Å². The van der Waals surface area contributed by atoms with Gasteiger partial charge in [0.15, 0.2) is 0 Å². The van der Waals surface area contributed by atoms with Crippen LogP contribution in [-0.2, 0) is 6.54 Å². The van der Waals surface area contributed by atoms with E-state index in [1.807, 2.05) is 6.07 Å². The van der Waals surface area contributed by atoms with Crippen molar-refractivity contribution in [2.24, 2.45) is 5.73 Å². The Hall–Kier alpha value is -0.540. The minimum Gasteiger partial charge on any atom is -0.494 e. The first-order valence-corrected chi connectivity index (χ1v) is 8.10. The van der Waals surface area contributed by atoms with Crippen molar-refractivity contribution in [2.45, 2.75) is 58.9 Å². The Bertz CT molecular complexity index is 379. The quantitative estimate of drug-likeness (QED) is 0.651. The highest BCUT2D eigenvalue weighted by Crippen LogP contribution is 2.27. The van der Waals surface area contributed by atoms with E-state index in [0.717, 1.165) is 28.8 Å². The predicted molar refractivity (Wildman–Crippen MR) is 85.6 cm³/mol. The van der Waals surface area contributed by atoms with E-state index in [-0.39, 0.29) is 0 Å². The molecule has 0 radical (unpaired) electrons. The number of unbranched alkanes of at least 4 members (excludes halogenated alkanes) is 5. The lowest BCUT2D eigenvalue weighted by atomic mass is 10.1. The van der Waals surface area contributed by atoms with Crippen molar-refractivity contribution >= 4 is 15.9 Å². The van der Waals surface area contributed by atoms with Gasteiger partial charge in [-0.05, 0) is 36.6 Å². The average molecular weight is 328 g/mol. The monoisotopic (exact) mass is 327 g/mol. The maximum absolute atomic E-state index is 5.81. The number of halogens is 1. The van der Waals surface area contributed by atoms with Crippen LogP contribution >= 0.6 is 15.9 Å². The summed E-state index contributed by atoms with van der Waals surface area (Å²) in [6, 6.07) is 4.11. The Kier molecular flexibility index (Phi) is 8.15. The lowest BCUT2D eigenvalue weighted by molar-refractivity contribution is 0.304. The van der Waals surface area contributed by atoms with Crippen molar-refractivity contribution in [1.82, 2.24) is 0 Å². The molecular formula is C16H26BrNO. The molecule has 1 aromatic rings. The van der Waals surface area contributed by atoms with Crippen LogP contribution in [0.15, 0.2) is 16.6 Å². The van der Waals surface area contributed by atoms with Crippen molar-refractivity contribution in [1.29, 1.82) is 0 Å². The van der Waals surface area contributed by atoms with E-state index in [0.29, 0.717) is 6.54 Å². The summed E-state index contributed by atoms with van der Waals surface area (Å²) in [5.74, 6) is 0.940. The summed E-state index contributed by atoms with van der Waals surface area (Å²) < 4.78 is 6.91. The average Bonchev–Trinajstić information content (AvgIpc) is 2.41. The van der Waals surface area contributed by atoms with Crippen LogP contribution in [0.5, 0.6) is 5.75 Å². The summed E-state index contributed by atoms with van der Waals surface area (Å²) in [6.07, 6.45) is 7.73. The van der Waals surface area contributed by atoms with E-state index in [2.05, 4.69) is 35.8 Å². The van der Waals surface area contributed by atoms with Crippen LogP contribution in [0.4, 0.5) is 0 Å². The zero-order valence-electron chi connectivity index (χ0n) is 12.2. The highest BCUT2D eigenvalue weighted by atomic mass is 79.9. The maximum Gasteiger partial charge on any atom is 0.119 e. The van der Waals surface area contributed by atoms with Crippen LogP contribution < -0.4 is 10.5 Å². The molecule has 0 amide bonds. The maximum atomic E-state index is 5.81. The van der Waals surface area contributed by atoms with E-state index in [1.165, 1.54) is 37.7 Å². The Morgan fingerprint density at radius 3 is 2.47 bits per heavy atom. The molecule has 0 heterocycles. The minimum atomic E-state index is 0.537. The number of rotatable bonds is 9. The first-order valence-electron chi connectivity index (χ1n) is 7.31. The molecule has 0 saturated heterocycles. The summed E-state index contributed by atoms with van der Waals surface area (Å²) in [6.45, 7) is 5.65. The van der Waals surface area contributed by atoms with Gasteiger partial charge >= 0.3 is 0 Å². The molecule has 1 rings (SSSR count). The minimum absolute atomic E-state index is 0.537. The summed E-state index contributed by atoms with van der Waals surface area (Å²) in [4.78, 5) is 0. The molecule has 0 unspecified atom stereocenters. The van der Waals surface area contributed by atoms with Gasteiger partial charge in [-0.25, -0.2) is 0 Å². The molecule has 0 spiro atoms. The normalized spacial score (nSPS) is 10.7. The second-order valence-corrected chi connectivity index (χ2v) is 5.83. The lowest BCUT2D eigenvalue weighted by Gasteiger charge is -2.11. The van der Waals surface area contributed by atoms with Gasteiger partial charge in [0.25, 0.3) is 0 Å². The SMILES string of the molecule is CCCCCCCCOc1cc(C)c(Br)c(CN)c1. The Balaban J connectivity index is 2.31.